The maximum atomic E-state index is 11.7. The summed E-state index contributed by atoms with van der Waals surface area (Å²) in [6.07, 6.45) is 0. The van der Waals surface area contributed by atoms with E-state index in [0.29, 0.717) is 10.6 Å². The van der Waals surface area contributed by atoms with Gasteiger partial charge in [-0.1, -0.05) is 19.9 Å². The van der Waals surface area contributed by atoms with E-state index in [9.17, 15) is 4.79 Å². The molecule has 0 spiro atoms. The van der Waals surface area contributed by atoms with Crippen LogP contribution in [0.5, 0.6) is 0 Å². The van der Waals surface area contributed by atoms with Crippen LogP contribution < -0.4 is 5.73 Å². The molecule has 0 unspecified atom stereocenters. The first-order chi connectivity index (χ1) is 8.56. The number of thiophene rings is 2. The van der Waals surface area contributed by atoms with Crippen LogP contribution in [-0.4, -0.2) is 13.1 Å². The number of hydrogen-bond donors (Lipinski definition) is 1. The van der Waals surface area contributed by atoms with Crippen molar-refractivity contribution in [2.75, 3.05) is 12.8 Å². The van der Waals surface area contributed by atoms with Gasteiger partial charge in [0.2, 0.25) is 0 Å². The Morgan fingerprint density at radius 1 is 1.44 bits per heavy atom. The first-order valence-corrected chi connectivity index (χ1v) is 7.30. The smallest absolute Gasteiger partial charge is 0.350 e. The van der Waals surface area contributed by atoms with E-state index in [0.717, 1.165) is 15.3 Å². The van der Waals surface area contributed by atoms with Crippen molar-refractivity contribution >= 4 is 34.3 Å². The van der Waals surface area contributed by atoms with Gasteiger partial charge in [-0.2, -0.15) is 0 Å². The highest BCUT2D eigenvalue weighted by Gasteiger charge is 2.24. The number of nitrogens with two attached hydrogens (primary N) is 1. The zero-order chi connectivity index (χ0) is 13.3. The lowest BCUT2D eigenvalue weighted by atomic mass is 10.0. The highest BCUT2D eigenvalue weighted by atomic mass is 32.1. The van der Waals surface area contributed by atoms with Gasteiger partial charge in [0.25, 0.3) is 0 Å². The molecule has 2 aromatic heterocycles. The van der Waals surface area contributed by atoms with Crippen LogP contribution in [-0.2, 0) is 4.74 Å². The number of methoxy groups -OCH3 is 1. The van der Waals surface area contributed by atoms with Crippen LogP contribution in [0, 0.1) is 0 Å². The minimum Gasteiger partial charge on any atom is -0.465 e. The number of carbonyl (C=O) groups excluding carboxylic acids is 1. The first kappa shape index (κ1) is 13.1. The number of hydrogen-bond acceptors (Lipinski definition) is 5. The second-order valence-electron chi connectivity index (χ2n) is 4.21. The molecule has 0 aliphatic heterocycles. The number of esters is 1. The third-order valence-electron chi connectivity index (χ3n) is 2.68. The van der Waals surface area contributed by atoms with Crippen LogP contribution in [0.3, 0.4) is 0 Å². The van der Waals surface area contributed by atoms with Crippen molar-refractivity contribution in [1.29, 1.82) is 0 Å². The Labute approximate surface area is 114 Å². The predicted octanol–water partition coefficient (Wildman–Crippen LogP) is 3.97. The van der Waals surface area contributed by atoms with Gasteiger partial charge in [-0.25, -0.2) is 4.79 Å². The first-order valence-electron chi connectivity index (χ1n) is 5.60. The monoisotopic (exact) mass is 281 g/mol. The van der Waals surface area contributed by atoms with Crippen LogP contribution in [0.1, 0.15) is 35.0 Å². The van der Waals surface area contributed by atoms with Gasteiger partial charge in [0.05, 0.1) is 17.7 Å². The summed E-state index contributed by atoms with van der Waals surface area (Å²) in [5, 5.41) is 2.02. The second-order valence-corrected chi connectivity index (χ2v) is 6.18. The van der Waals surface area contributed by atoms with Crippen LogP contribution in [0.4, 0.5) is 5.69 Å². The number of rotatable bonds is 3. The van der Waals surface area contributed by atoms with Crippen LogP contribution in [0.15, 0.2) is 17.5 Å². The molecule has 18 heavy (non-hydrogen) atoms. The maximum absolute atomic E-state index is 11.7. The lowest BCUT2D eigenvalue weighted by Crippen LogP contribution is -2.03. The summed E-state index contributed by atoms with van der Waals surface area (Å²) in [4.78, 5) is 14.4. The Hall–Kier alpha value is -1.33. The van der Waals surface area contributed by atoms with Gasteiger partial charge in [0.15, 0.2) is 0 Å². The molecule has 0 aliphatic rings. The van der Waals surface area contributed by atoms with E-state index in [-0.39, 0.29) is 11.9 Å². The fourth-order valence-electron chi connectivity index (χ4n) is 1.86. The summed E-state index contributed by atoms with van der Waals surface area (Å²) in [5.41, 5.74) is 7.71. The number of nitrogen functional groups attached to an aromatic ring is 1. The fourth-order valence-corrected chi connectivity index (χ4v) is 4.03. The zero-order valence-corrected chi connectivity index (χ0v) is 12.2. The molecular formula is C13H15NO2S2. The van der Waals surface area contributed by atoms with Gasteiger partial charge in [0.1, 0.15) is 4.88 Å². The molecule has 0 aromatic carbocycles. The van der Waals surface area contributed by atoms with Crippen molar-refractivity contribution in [3.63, 3.8) is 0 Å². The fraction of sp³-hybridized carbons (Fsp3) is 0.308. The van der Waals surface area contributed by atoms with Crippen LogP contribution in [0.2, 0.25) is 0 Å². The Morgan fingerprint density at radius 3 is 2.67 bits per heavy atom. The predicted molar refractivity (Wildman–Crippen MR) is 77.5 cm³/mol. The minimum absolute atomic E-state index is 0.275. The van der Waals surface area contributed by atoms with Crippen molar-refractivity contribution in [1.82, 2.24) is 0 Å². The van der Waals surface area contributed by atoms with E-state index in [2.05, 4.69) is 13.8 Å². The zero-order valence-electron chi connectivity index (χ0n) is 10.5. The SMILES string of the molecule is COC(=O)c1sc(-c2cccs2)c(C(C)C)c1N. The van der Waals surface area contributed by atoms with Crippen LogP contribution in [0.25, 0.3) is 9.75 Å². The summed E-state index contributed by atoms with van der Waals surface area (Å²) >= 11 is 3.07. The van der Waals surface area contributed by atoms with Gasteiger partial charge in [0, 0.05) is 4.88 Å². The van der Waals surface area contributed by atoms with Gasteiger partial charge >= 0.3 is 5.97 Å². The molecule has 2 N–H and O–H groups in total. The van der Waals surface area contributed by atoms with E-state index < -0.39 is 0 Å². The highest BCUT2D eigenvalue weighted by molar-refractivity contribution is 7.23. The van der Waals surface area contributed by atoms with E-state index in [1.54, 1.807) is 11.3 Å². The maximum Gasteiger partial charge on any atom is 0.350 e. The average molecular weight is 281 g/mol. The quantitative estimate of drug-likeness (QED) is 0.866. The summed E-state index contributed by atoms with van der Waals surface area (Å²) in [6, 6.07) is 4.04. The molecular weight excluding hydrogens is 266 g/mol. The van der Waals surface area contributed by atoms with Crippen molar-refractivity contribution in [3.8, 4) is 9.75 Å². The number of anilines is 1. The van der Waals surface area contributed by atoms with Crippen LogP contribution >= 0.6 is 22.7 Å². The molecule has 0 atom stereocenters. The molecule has 0 aliphatic carbocycles. The lowest BCUT2D eigenvalue weighted by molar-refractivity contribution is 0.0607. The summed E-state index contributed by atoms with van der Waals surface area (Å²) in [7, 11) is 1.38. The third-order valence-corrected chi connectivity index (χ3v) is 4.93. The van der Waals surface area contributed by atoms with Gasteiger partial charge in [-0.15, -0.1) is 22.7 Å². The Bertz CT molecular complexity index is 556. The molecule has 2 rings (SSSR count). The minimum atomic E-state index is -0.359. The molecule has 0 bridgehead atoms. The molecule has 0 amide bonds. The molecule has 0 fully saturated rings. The molecule has 2 heterocycles. The lowest BCUT2D eigenvalue weighted by Gasteiger charge is -2.07. The van der Waals surface area contributed by atoms with Gasteiger partial charge in [-0.05, 0) is 22.9 Å². The molecule has 96 valence electrons. The summed E-state index contributed by atoms with van der Waals surface area (Å²) in [5.74, 6) is -0.0843. The van der Waals surface area contributed by atoms with E-state index >= 15 is 0 Å². The van der Waals surface area contributed by atoms with Gasteiger partial charge in [-0.3, -0.25) is 0 Å². The molecule has 0 radical (unpaired) electrons. The topological polar surface area (TPSA) is 52.3 Å². The van der Waals surface area contributed by atoms with E-state index in [1.165, 1.54) is 18.4 Å². The second kappa shape index (κ2) is 5.12. The van der Waals surface area contributed by atoms with Crippen molar-refractivity contribution in [2.45, 2.75) is 19.8 Å². The number of ether oxygens (including phenoxy) is 1. The molecule has 0 saturated carbocycles. The Morgan fingerprint density at radius 2 is 2.17 bits per heavy atom. The summed E-state index contributed by atoms with van der Waals surface area (Å²) in [6.45, 7) is 4.16. The third kappa shape index (κ3) is 2.15. The Balaban J connectivity index is 2.62. The largest absolute Gasteiger partial charge is 0.465 e. The van der Waals surface area contributed by atoms with E-state index in [4.69, 9.17) is 10.5 Å². The van der Waals surface area contributed by atoms with Gasteiger partial charge < -0.3 is 10.5 Å². The van der Waals surface area contributed by atoms with Crippen molar-refractivity contribution in [2.24, 2.45) is 0 Å². The van der Waals surface area contributed by atoms with Crippen molar-refractivity contribution < 1.29 is 9.53 Å². The normalized spacial score (nSPS) is 10.9. The molecule has 2 aromatic rings. The van der Waals surface area contributed by atoms with E-state index in [1.807, 2.05) is 17.5 Å². The standard InChI is InChI=1S/C13H15NO2S2/c1-7(2)9-10(14)12(13(15)16-3)18-11(9)8-5-4-6-17-8/h4-7H,14H2,1-3H3. The average Bonchev–Trinajstić information content (AvgIpc) is 2.94. The Kier molecular flexibility index (Phi) is 3.73. The molecule has 5 heteroatoms. The summed E-state index contributed by atoms with van der Waals surface area (Å²) < 4.78 is 4.78. The molecule has 0 saturated heterocycles. The number of carbonyl (C=O) groups is 1. The van der Waals surface area contributed by atoms with Crippen molar-refractivity contribution in [3.05, 3.63) is 28.0 Å². The molecule has 3 nitrogen and oxygen atoms in total. The highest BCUT2D eigenvalue weighted by Crippen LogP contribution is 2.44.